The summed E-state index contributed by atoms with van der Waals surface area (Å²) in [6.45, 7) is 2.68. The molecule has 2 N–H and O–H groups in total. The monoisotopic (exact) mass is 431 g/mol. The highest BCUT2D eigenvalue weighted by Gasteiger charge is 2.22. The Labute approximate surface area is 186 Å². The highest BCUT2D eigenvalue weighted by Crippen LogP contribution is 2.19. The largest absolute Gasteiger partial charge is 0.497 e. The lowest BCUT2D eigenvalue weighted by molar-refractivity contribution is 0.0746. The van der Waals surface area contributed by atoms with Gasteiger partial charge < -0.3 is 25.2 Å². The summed E-state index contributed by atoms with van der Waals surface area (Å²) in [4.78, 5) is 33.3. The fourth-order valence-corrected chi connectivity index (χ4v) is 3.54. The van der Waals surface area contributed by atoms with Crippen LogP contribution >= 0.6 is 0 Å². The molecule has 1 aliphatic heterocycles. The third-order valence-corrected chi connectivity index (χ3v) is 5.24. The van der Waals surface area contributed by atoms with Gasteiger partial charge in [0, 0.05) is 43.5 Å². The Kier molecular flexibility index (Phi) is 6.50. The van der Waals surface area contributed by atoms with Gasteiger partial charge in [-0.15, -0.1) is 0 Å². The number of carbonyl (C=O) groups excluding carboxylic acids is 2. The summed E-state index contributed by atoms with van der Waals surface area (Å²) in [5.41, 5.74) is 1.93. The number of ether oxygens (including phenoxy) is 1. The lowest BCUT2D eigenvalue weighted by Gasteiger charge is -2.35. The van der Waals surface area contributed by atoms with E-state index in [2.05, 4.69) is 20.5 Å². The number of urea groups is 1. The van der Waals surface area contributed by atoms with E-state index in [1.54, 1.807) is 31.5 Å². The standard InChI is InChI=1S/C24H25N5O3/c1-32-21-9-5-8-19(16-21)26-24(31)27-20-10-11-22(25-17-20)28-12-14-29(15-13-28)23(30)18-6-3-2-4-7-18/h2-11,16-17H,12-15H2,1H3,(H2,26,27,31). The van der Waals surface area contributed by atoms with E-state index in [1.807, 2.05) is 53.4 Å². The zero-order valence-electron chi connectivity index (χ0n) is 17.8. The molecular formula is C24H25N5O3. The molecule has 2 aromatic carbocycles. The van der Waals surface area contributed by atoms with Crippen LogP contribution in [0, 0.1) is 0 Å². The number of nitrogens with one attached hydrogen (secondary N) is 2. The van der Waals surface area contributed by atoms with Crippen molar-refractivity contribution >= 4 is 29.1 Å². The van der Waals surface area contributed by atoms with Crippen LogP contribution in [-0.2, 0) is 0 Å². The number of amides is 3. The van der Waals surface area contributed by atoms with E-state index in [0.29, 0.717) is 48.9 Å². The maximum atomic E-state index is 12.6. The molecule has 1 aromatic heterocycles. The van der Waals surface area contributed by atoms with E-state index in [1.165, 1.54) is 0 Å². The summed E-state index contributed by atoms with van der Waals surface area (Å²) in [6.07, 6.45) is 1.63. The summed E-state index contributed by atoms with van der Waals surface area (Å²) < 4.78 is 5.16. The van der Waals surface area contributed by atoms with Gasteiger partial charge in [0.05, 0.1) is 19.0 Å². The molecule has 0 saturated carbocycles. The number of hydrogen-bond donors (Lipinski definition) is 2. The van der Waals surface area contributed by atoms with Crippen LogP contribution in [-0.4, -0.2) is 55.1 Å². The van der Waals surface area contributed by atoms with Crippen LogP contribution < -0.4 is 20.3 Å². The van der Waals surface area contributed by atoms with E-state index in [-0.39, 0.29) is 11.9 Å². The molecule has 0 spiro atoms. The SMILES string of the molecule is COc1cccc(NC(=O)Nc2ccc(N3CCN(C(=O)c4ccccc4)CC3)nc2)c1. The third-order valence-electron chi connectivity index (χ3n) is 5.24. The van der Waals surface area contributed by atoms with Crippen molar-refractivity contribution in [2.75, 3.05) is 48.8 Å². The maximum Gasteiger partial charge on any atom is 0.323 e. The number of nitrogens with zero attached hydrogens (tertiary/aromatic N) is 3. The number of pyridine rings is 1. The first-order valence-electron chi connectivity index (χ1n) is 10.4. The molecule has 2 heterocycles. The number of benzene rings is 2. The molecular weight excluding hydrogens is 406 g/mol. The lowest BCUT2D eigenvalue weighted by Crippen LogP contribution is -2.49. The molecule has 1 fully saturated rings. The number of carbonyl (C=O) groups is 2. The van der Waals surface area contributed by atoms with Gasteiger partial charge in [-0.2, -0.15) is 0 Å². The Morgan fingerprint density at radius 1 is 0.875 bits per heavy atom. The van der Waals surface area contributed by atoms with Crippen LogP contribution in [0.5, 0.6) is 5.75 Å². The lowest BCUT2D eigenvalue weighted by atomic mass is 10.2. The van der Waals surface area contributed by atoms with Crippen molar-refractivity contribution < 1.29 is 14.3 Å². The summed E-state index contributed by atoms with van der Waals surface area (Å²) in [5.74, 6) is 1.54. The molecule has 3 aromatic rings. The van der Waals surface area contributed by atoms with Gasteiger partial charge in [-0.25, -0.2) is 9.78 Å². The van der Waals surface area contributed by atoms with Gasteiger partial charge in [0.15, 0.2) is 0 Å². The van der Waals surface area contributed by atoms with Gasteiger partial charge in [0.1, 0.15) is 11.6 Å². The Hall–Kier alpha value is -4.07. The molecule has 0 radical (unpaired) electrons. The first kappa shape index (κ1) is 21.2. The van der Waals surface area contributed by atoms with Gasteiger partial charge in [-0.05, 0) is 36.4 Å². The molecule has 4 rings (SSSR count). The smallest absolute Gasteiger partial charge is 0.323 e. The minimum atomic E-state index is -0.360. The number of rotatable bonds is 5. The molecule has 32 heavy (non-hydrogen) atoms. The first-order chi connectivity index (χ1) is 15.6. The van der Waals surface area contributed by atoms with Crippen molar-refractivity contribution in [3.8, 4) is 5.75 Å². The molecule has 0 bridgehead atoms. The molecule has 8 nitrogen and oxygen atoms in total. The number of aromatic nitrogens is 1. The van der Waals surface area contributed by atoms with Crippen LogP contribution in [0.1, 0.15) is 10.4 Å². The van der Waals surface area contributed by atoms with Crippen molar-refractivity contribution in [2.45, 2.75) is 0 Å². The molecule has 3 amide bonds. The van der Waals surface area contributed by atoms with Crippen LogP contribution in [0.3, 0.4) is 0 Å². The fourth-order valence-electron chi connectivity index (χ4n) is 3.54. The predicted octanol–water partition coefficient (Wildman–Crippen LogP) is 3.70. The first-order valence-corrected chi connectivity index (χ1v) is 10.4. The summed E-state index contributed by atoms with van der Waals surface area (Å²) in [6, 6.07) is 19.8. The zero-order chi connectivity index (χ0) is 22.3. The van der Waals surface area contributed by atoms with Crippen molar-refractivity contribution in [1.82, 2.24) is 9.88 Å². The number of hydrogen-bond acceptors (Lipinski definition) is 5. The molecule has 1 saturated heterocycles. The van der Waals surface area contributed by atoms with E-state index in [4.69, 9.17) is 4.74 Å². The van der Waals surface area contributed by atoms with Gasteiger partial charge >= 0.3 is 6.03 Å². The van der Waals surface area contributed by atoms with Crippen LogP contribution in [0.25, 0.3) is 0 Å². The molecule has 1 aliphatic rings. The van der Waals surface area contributed by atoms with E-state index >= 15 is 0 Å². The predicted molar refractivity (Wildman–Crippen MR) is 124 cm³/mol. The van der Waals surface area contributed by atoms with Gasteiger partial charge in [0.2, 0.25) is 0 Å². The molecule has 0 atom stereocenters. The topological polar surface area (TPSA) is 86.8 Å². The molecule has 0 aliphatic carbocycles. The van der Waals surface area contributed by atoms with E-state index in [9.17, 15) is 9.59 Å². The minimum Gasteiger partial charge on any atom is -0.497 e. The molecule has 0 unspecified atom stereocenters. The zero-order valence-corrected chi connectivity index (χ0v) is 17.8. The highest BCUT2D eigenvalue weighted by molar-refractivity contribution is 5.99. The van der Waals surface area contributed by atoms with E-state index in [0.717, 1.165) is 5.82 Å². The van der Waals surface area contributed by atoms with E-state index < -0.39 is 0 Å². The quantitative estimate of drug-likeness (QED) is 0.643. The number of methoxy groups -OCH3 is 1. The second-order valence-corrected chi connectivity index (χ2v) is 7.36. The van der Waals surface area contributed by atoms with Gasteiger partial charge in [-0.1, -0.05) is 24.3 Å². The number of anilines is 3. The Bertz CT molecular complexity index is 1060. The second-order valence-electron chi connectivity index (χ2n) is 7.36. The van der Waals surface area contributed by atoms with Crippen LogP contribution in [0.4, 0.5) is 22.0 Å². The highest BCUT2D eigenvalue weighted by atomic mass is 16.5. The average Bonchev–Trinajstić information content (AvgIpc) is 2.85. The van der Waals surface area contributed by atoms with Crippen molar-refractivity contribution in [2.24, 2.45) is 0 Å². The molecule has 164 valence electrons. The summed E-state index contributed by atoms with van der Waals surface area (Å²) in [7, 11) is 1.58. The van der Waals surface area contributed by atoms with Gasteiger partial charge in [0.25, 0.3) is 5.91 Å². The average molecular weight is 431 g/mol. The van der Waals surface area contributed by atoms with Crippen LogP contribution in [0.15, 0.2) is 72.9 Å². The Balaban J connectivity index is 1.29. The fraction of sp³-hybridized carbons (Fsp3) is 0.208. The van der Waals surface area contributed by atoms with Crippen LogP contribution in [0.2, 0.25) is 0 Å². The summed E-state index contributed by atoms with van der Waals surface area (Å²) in [5, 5.41) is 5.54. The second kappa shape index (κ2) is 9.82. The van der Waals surface area contributed by atoms with Crippen molar-refractivity contribution in [3.63, 3.8) is 0 Å². The van der Waals surface area contributed by atoms with Gasteiger partial charge in [-0.3, -0.25) is 4.79 Å². The van der Waals surface area contributed by atoms with Crippen molar-refractivity contribution in [3.05, 3.63) is 78.5 Å². The Morgan fingerprint density at radius 2 is 1.62 bits per heavy atom. The molecule has 8 heteroatoms. The normalized spacial score (nSPS) is 13.4. The number of piperazine rings is 1. The minimum absolute atomic E-state index is 0.0554. The Morgan fingerprint density at radius 3 is 2.31 bits per heavy atom. The summed E-state index contributed by atoms with van der Waals surface area (Å²) >= 11 is 0. The van der Waals surface area contributed by atoms with Crippen molar-refractivity contribution in [1.29, 1.82) is 0 Å². The third kappa shape index (κ3) is 5.15. The maximum absolute atomic E-state index is 12.6.